The first kappa shape index (κ1) is 17.9. The van der Waals surface area contributed by atoms with Crippen LogP contribution >= 0.6 is 12.4 Å². The molecule has 0 spiro atoms. The number of halogens is 1. The molecule has 1 heterocycles. The van der Waals surface area contributed by atoms with E-state index in [1.807, 2.05) is 0 Å². The van der Waals surface area contributed by atoms with Crippen molar-refractivity contribution in [1.29, 1.82) is 0 Å². The van der Waals surface area contributed by atoms with Gasteiger partial charge in [0.05, 0.1) is 0 Å². The molecule has 1 rings (SSSR count). The Morgan fingerprint density at radius 2 is 1.00 bits per heavy atom. The fraction of sp³-hybridized carbons (Fsp3) is 1.00. The molecular formula is C12H27ClN3Ti. The van der Waals surface area contributed by atoms with Gasteiger partial charge in [-0.3, -0.25) is 0 Å². The Balaban J connectivity index is 0.00000256. The second kappa shape index (κ2) is 13.3. The van der Waals surface area contributed by atoms with Gasteiger partial charge in [-0.2, -0.15) is 0 Å². The number of nitrogens with one attached hydrogen (secondary N) is 2. The van der Waals surface area contributed by atoms with Crippen molar-refractivity contribution in [2.45, 2.75) is 38.5 Å². The summed E-state index contributed by atoms with van der Waals surface area (Å²) in [5, 5.41) is 7.05. The van der Waals surface area contributed by atoms with Crippen LogP contribution in [-0.2, 0) is 20.7 Å². The SMILES string of the molecule is Cl.[Ti][N]1CCCCNCCCCNCCCC1. The quantitative estimate of drug-likeness (QED) is 0.667. The number of rotatable bonds is 0. The molecular weight excluding hydrogens is 269 g/mol. The molecule has 3 nitrogen and oxygen atoms in total. The van der Waals surface area contributed by atoms with E-state index in [0.29, 0.717) is 0 Å². The van der Waals surface area contributed by atoms with E-state index in [-0.39, 0.29) is 12.4 Å². The Kier molecular flexibility index (Phi) is 14.0. The molecule has 1 saturated heterocycles. The van der Waals surface area contributed by atoms with E-state index in [2.05, 4.69) is 34.7 Å². The van der Waals surface area contributed by atoms with Crippen molar-refractivity contribution in [2.75, 3.05) is 39.3 Å². The van der Waals surface area contributed by atoms with E-state index in [1.54, 1.807) is 0 Å². The van der Waals surface area contributed by atoms with Crippen LogP contribution in [0.15, 0.2) is 0 Å². The Morgan fingerprint density at radius 3 is 1.41 bits per heavy atom. The maximum absolute atomic E-state index is 3.52. The van der Waals surface area contributed by atoms with Crippen LogP contribution in [0.3, 0.4) is 0 Å². The topological polar surface area (TPSA) is 27.3 Å². The third-order valence-electron chi connectivity index (χ3n) is 3.02. The molecule has 1 aliphatic rings. The fourth-order valence-electron chi connectivity index (χ4n) is 1.97. The zero-order valence-electron chi connectivity index (χ0n) is 10.8. The summed E-state index contributed by atoms with van der Waals surface area (Å²) in [5.41, 5.74) is 0. The molecule has 5 heteroatoms. The monoisotopic (exact) mass is 296 g/mol. The van der Waals surface area contributed by atoms with Gasteiger partial charge in [-0.15, -0.1) is 12.4 Å². The first-order chi connectivity index (χ1) is 7.89. The molecule has 0 amide bonds. The van der Waals surface area contributed by atoms with Gasteiger partial charge in [-0.05, 0) is 0 Å². The summed E-state index contributed by atoms with van der Waals surface area (Å²) in [4.78, 5) is 0. The number of hydrogen-bond donors (Lipinski definition) is 2. The molecule has 0 saturated carbocycles. The van der Waals surface area contributed by atoms with E-state index in [0.717, 1.165) is 0 Å². The van der Waals surface area contributed by atoms with Gasteiger partial charge in [0, 0.05) is 0 Å². The number of hydrogen-bond acceptors (Lipinski definition) is 3. The predicted octanol–water partition coefficient (Wildman–Crippen LogP) is 1.71. The third-order valence-corrected chi connectivity index (χ3v) is 3.72. The number of nitrogens with zero attached hydrogens (tertiary/aromatic N) is 1. The van der Waals surface area contributed by atoms with Crippen LogP contribution in [0.5, 0.6) is 0 Å². The van der Waals surface area contributed by atoms with Crippen LogP contribution in [0.1, 0.15) is 38.5 Å². The molecule has 0 bridgehead atoms. The molecule has 0 aromatic heterocycles. The van der Waals surface area contributed by atoms with Crippen molar-refractivity contribution in [1.82, 2.24) is 14.0 Å². The van der Waals surface area contributed by atoms with Gasteiger partial charge in [0.15, 0.2) is 0 Å². The van der Waals surface area contributed by atoms with E-state index in [9.17, 15) is 0 Å². The molecule has 17 heavy (non-hydrogen) atoms. The van der Waals surface area contributed by atoms with Crippen molar-refractivity contribution in [2.24, 2.45) is 0 Å². The first-order valence-electron chi connectivity index (χ1n) is 6.77. The van der Waals surface area contributed by atoms with E-state index in [1.165, 1.54) is 77.8 Å². The molecule has 0 aromatic carbocycles. The summed E-state index contributed by atoms with van der Waals surface area (Å²) >= 11 is 2.25. The minimum atomic E-state index is 0. The van der Waals surface area contributed by atoms with Gasteiger partial charge < -0.3 is 0 Å². The average Bonchev–Trinajstić information content (AvgIpc) is 2.29. The second-order valence-electron chi connectivity index (χ2n) is 4.61. The van der Waals surface area contributed by atoms with E-state index in [4.69, 9.17) is 0 Å². The summed E-state index contributed by atoms with van der Waals surface area (Å²) in [7, 11) is 0. The molecule has 1 aliphatic heterocycles. The Bertz CT molecular complexity index is 145. The first-order valence-corrected chi connectivity index (χ1v) is 7.47. The standard InChI is InChI=1S/C12H26N3.ClH.Ti/c1-2-8-14-10-5-6-12-15-11-4-3-9-13-7-1;;/h13-14H,1-12H2;1H;/q-1;;+1. The van der Waals surface area contributed by atoms with Gasteiger partial charge in [0.25, 0.3) is 0 Å². The summed E-state index contributed by atoms with van der Waals surface area (Å²) < 4.78 is 2.47. The van der Waals surface area contributed by atoms with Gasteiger partial charge in [0.2, 0.25) is 0 Å². The molecule has 0 aromatic rings. The minimum absolute atomic E-state index is 0. The molecule has 0 aliphatic carbocycles. The van der Waals surface area contributed by atoms with Crippen molar-refractivity contribution in [3.63, 3.8) is 0 Å². The summed E-state index contributed by atoms with van der Waals surface area (Å²) in [6.07, 6.45) is 7.94. The summed E-state index contributed by atoms with van der Waals surface area (Å²) in [5.74, 6) is 0. The van der Waals surface area contributed by atoms with Gasteiger partial charge in [-0.1, -0.05) is 0 Å². The Labute approximate surface area is 125 Å². The van der Waals surface area contributed by atoms with E-state index >= 15 is 0 Å². The zero-order valence-corrected chi connectivity index (χ0v) is 13.2. The van der Waals surface area contributed by atoms with Crippen LogP contribution in [-0.4, -0.2) is 42.7 Å². The zero-order chi connectivity index (χ0) is 11.5. The van der Waals surface area contributed by atoms with Gasteiger partial charge >= 0.3 is 113 Å². The van der Waals surface area contributed by atoms with Crippen molar-refractivity contribution >= 4 is 12.4 Å². The molecule has 1 fully saturated rings. The fourth-order valence-corrected chi connectivity index (χ4v) is 2.46. The van der Waals surface area contributed by atoms with E-state index < -0.39 is 0 Å². The second-order valence-corrected chi connectivity index (χ2v) is 5.60. The normalized spacial score (nSPS) is 23.0. The predicted molar refractivity (Wildman–Crippen MR) is 72.3 cm³/mol. The molecule has 0 unspecified atom stereocenters. The summed E-state index contributed by atoms with van der Waals surface area (Å²) in [6, 6.07) is 0. The molecule has 2 N–H and O–H groups in total. The molecule has 0 radical (unpaired) electrons. The van der Waals surface area contributed by atoms with Crippen LogP contribution < -0.4 is 10.6 Å². The van der Waals surface area contributed by atoms with Gasteiger partial charge in [0.1, 0.15) is 0 Å². The van der Waals surface area contributed by atoms with Crippen LogP contribution in [0.2, 0.25) is 0 Å². The third kappa shape index (κ3) is 11.7. The van der Waals surface area contributed by atoms with Crippen molar-refractivity contribution < 1.29 is 20.7 Å². The van der Waals surface area contributed by atoms with Crippen LogP contribution in [0, 0.1) is 0 Å². The Morgan fingerprint density at radius 1 is 0.647 bits per heavy atom. The summed E-state index contributed by atoms with van der Waals surface area (Å²) in [6.45, 7) is 7.29. The van der Waals surface area contributed by atoms with Crippen molar-refractivity contribution in [3.05, 3.63) is 0 Å². The molecule has 101 valence electrons. The molecule has 0 atom stereocenters. The average molecular weight is 297 g/mol. The van der Waals surface area contributed by atoms with Crippen LogP contribution in [0.4, 0.5) is 0 Å². The Hall–Kier alpha value is 0.884. The van der Waals surface area contributed by atoms with Crippen LogP contribution in [0.25, 0.3) is 0 Å². The maximum atomic E-state index is 3.52. The van der Waals surface area contributed by atoms with Crippen molar-refractivity contribution in [3.8, 4) is 0 Å². The van der Waals surface area contributed by atoms with Gasteiger partial charge in [-0.25, -0.2) is 0 Å².